The number of hydrogen-bond acceptors (Lipinski definition) is 2. The van der Waals surface area contributed by atoms with E-state index in [2.05, 4.69) is 56.1 Å². The summed E-state index contributed by atoms with van der Waals surface area (Å²) in [5, 5.41) is 0. The minimum Gasteiger partial charge on any atom is -0.367 e. The number of rotatable bonds is 4. The smallest absolute Gasteiger partial charge is 0.0546 e. The van der Waals surface area contributed by atoms with Gasteiger partial charge in [-0.15, -0.1) is 0 Å². The number of likely N-dealkylation sites (N-methyl/N-ethyl adjacent to an activating group) is 1. The van der Waals surface area contributed by atoms with Crippen molar-refractivity contribution < 1.29 is 0 Å². The van der Waals surface area contributed by atoms with Crippen molar-refractivity contribution in [3.8, 4) is 0 Å². The summed E-state index contributed by atoms with van der Waals surface area (Å²) in [5.41, 5.74) is 7.73. The van der Waals surface area contributed by atoms with Crippen LogP contribution >= 0.6 is 0 Å². The van der Waals surface area contributed by atoms with E-state index in [4.69, 9.17) is 5.73 Å². The third-order valence-electron chi connectivity index (χ3n) is 4.58. The van der Waals surface area contributed by atoms with Crippen LogP contribution in [-0.2, 0) is 0 Å². The fourth-order valence-electron chi connectivity index (χ4n) is 2.45. The largest absolute Gasteiger partial charge is 0.367 e. The zero-order valence-electron chi connectivity index (χ0n) is 10.5. The molecule has 1 fully saturated rings. The Balaban J connectivity index is 2.29. The summed E-state index contributed by atoms with van der Waals surface area (Å²) >= 11 is 0. The van der Waals surface area contributed by atoms with Crippen molar-refractivity contribution in [3.05, 3.63) is 30.3 Å². The predicted octanol–water partition coefficient (Wildman–Crippen LogP) is 2.64. The lowest BCUT2D eigenvalue weighted by molar-refractivity contribution is 0.289. The molecule has 1 aromatic rings. The van der Waals surface area contributed by atoms with E-state index in [1.54, 1.807) is 0 Å². The summed E-state index contributed by atoms with van der Waals surface area (Å²) in [6, 6.07) is 10.5. The van der Waals surface area contributed by atoms with Crippen LogP contribution in [0.1, 0.15) is 26.7 Å². The monoisotopic (exact) mass is 218 g/mol. The Kier molecular flexibility index (Phi) is 2.70. The van der Waals surface area contributed by atoms with Crippen molar-refractivity contribution in [2.75, 3.05) is 18.5 Å². The Morgan fingerprint density at radius 1 is 1.31 bits per heavy atom. The second kappa shape index (κ2) is 3.77. The molecule has 2 N–H and O–H groups in total. The first kappa shape index (κ1) is 11.5. The molecule has 1 aromatic carbocycles. The Hall–Kier alpha value is -1.02. The maximum Gasteiger partial charge on any atom is 0.0546 e. The highest BCUT2D eigenvalue weighted by atomic mass is 15.2. The molecule has 1 atom stereocenters. The van der Waals surface area contributed by atoms with Gasteiger partial charge in [0.25, 0.3) is 0 Å². The fraction of sp³-hybridized carbons (Fsp3) is 0.571. The molecule has 0 spiro atoms. The first-order valence-corrected chi connectivity index (χ1v) is 6.02. The van der Waals surface area contributed by atoms with Crippen LogP contribution in [0.5, 0.6) is 0 Å². The maximum atomic E-state index is 6.03. The van der Waals surface area contributed by atoms with Crippen LogP contribution in [0.15, 0.2) is 30.3 Å². The highest BCUT2D eigenvalue weighted by Crippen LogP contribution is 2.55. The van der Waals surface area contributed by atoms with Gasteiger partial charge in [0.2, 0.25) is 0 Å². The number of benzene rings is 1. The van der Waals surface area contributed by atoms with Crippen LogP contribution in [-0.4, -0.2) is 19.1 Å². The second-order valence-electron chi connectivity index (χ2n) is 5.43. The summed E-state index contributed by atoms with van der Waals surface area (Å²) in [6.45, 7) is 5.33. The van der Waals surface area contributed by atoms with Gasteiger partial charge >= 0.3 is 0 Å². The van der Waals surface area contributed by atoms with Gasteiger partial charge in [0, 0.05) is 19.3 Å². The third-order valence-corrected chi connectivity index (χ3v) is 4.58. The van der Waals surface area contributed by atoms with Gasteiger partial charge in [-0.3, -0.25) is 0 Å². The number of anilines is 1. The lowest BCUT2D eigenvalue weighted by atomic mass is 9.82. The van der Waals surface area contributed by atoms with Crippen LogP contribution in [0.3, 0.4) is 0 Å². The van der Waals surface area contributed by atoms with Crippen LogP contribution < -0.4 is 10.6 Å². The van der Waals surface area contributed by atoms with Crippen molar-refractivity contribution >= 4 is 5.69 Å². The minimum absolute atomic E-state index is 0.0638. The maximum absolute atomic E-state index is 6.03. The molecule has 0 amide bonds. The average molecular weight is 218 g/mol. The van der Waals surface area contributed by atoms with Gasteiger partial charge in [-0.2, -0.15) is 0 Å². The molecule has 1 unspecified atom stereocenters. The minimum atomic E-state index is 0.0638. The quantitative estimate of drug-likeness (QED) is 0.842. The molecule has 0 bridgehead atoms. The summed E-state index contributed by atoms with van der Waals surface area (Å²) in [5.74, 6) is 0. The van der Waals surface area contributed by atoms with E-state index in [-0.39, 0.29) is 5.54 Å². The third kappa shape index (κ3) is 1.61. The van der Waals surface area contributed by atoms with Crippen LogP contribution in [0.4, 0.5) is 5.69 Å². The molecule has 0 radical (unpaired) electrons. The van der Waals surface area contributed by atoms with Gasteiger partial charge in [0.1, 0.15) is 0 Å². The summed E-state index contributed by atoms with van der Waals surface area (Å²) < 4.78 is 0. The SMILES string of the molecule is CN(c1ccccc1)C(C)(CN)C1(C)CC1. The van der Waals surface area contributed by atoms with Crippen LogP contribution in [0.25, 0.3) is 0 Å². The summed E-state index contributed by atoms with van der Waals surface area (Å²) in [4.78, 5) is 2.35. The number of nitrogens with two attached hydrogens (primary N) is 1. The second-order valence-corrected chi connectivity index (χ2v) is 5.43. The Bertz CT molecular complexity index is 356. The van der Waals surface area contributed by atoms with E-state index < -0.39 is 0 Å². The van der Waals surface area contributed by atoms with E-state index in [1.165, 1.54) is 18.5 Å². The average Bonchev–Trinajstić information content (AvgIpc) is 3.08. The molecular weight excluding hydrogens is 196 g/mol. The van der Waals surface area contributed by atoms with Crippen molar-refractivity contribution in [1.82, 2.24) is 0 Å². The van der Waals surface area contributed by atoms with Gasteiger partial charge in [0.15, 0.2) is 0 Å². The van der Waals surface area contributed by atoms with Crippen molar-refractivity contribution in [3.63, 3.8) is 0 Å². The molecule has 1 saturated carbocycles. The Morgan fingerprint density at radius 3 is 2.31 bits per heavy atom. The molecule has 2 nitrogen and oxygen atoms in total. The standard InChI is InChI=1S/C14H22N2/c1-13(9-10-13)14(2,11-15)16(3)12-7-5-4-6-8-12/h4-8H,9-11,15H2,1-3H3. The number of hydrogen-bond donors (Lipinski definition) is 1. The molecule has 1 aliphatic carbocycles. The van der Waals surface area contributed by atoms with E-state index >= 15 is 0 Å². The Labute approximate surface area is 98.4 Å². The molecule has 0 aromatic heterocycles. The zero-order valence-corrected chi connectivity index (χ0v) is 10.5. The lowest BCUT2D eigenvalue weighted by Gasteiger charge is -2.45. The van der Waals surface area contributed by atoms with Crippen LogP contribution in [0, 0.1) is 5.41 Å². The molecule has 88 valence electrons. The van der Waals surface area contributed by atoms with Crippen molar-refractivity contribution in [1.29, 1.82) is 0 Å². The van der Waals surface area contributed by atoms with E-state index in [1.807, 2.05) is 0 Å². The van der Waals surface area contributed by atoms with E-state index in [0.29, 0.717) is 12.0 Å². The molecule has 2 heteroatoms. The van der Waals surface area contributed by atoms with Gasteiger partial charge in [-0.1, -0.05) is 25.1 Å². The van der Waals surface area contributed by atoms with Gasteiger partial charge in [0.05, 0.1) is 5.54 Å². The highest BCUT2D eigenvalue weighted by molar-refractivity contribution is 5.49. The fourth-order valence-corrected chi connectivity index (χ4v) is 2.45. The van der Waals surface area contributed by atoms with E-state index in [0.717, 1.165) is 0 Å². The first-order valence-electron chi connectivity index (χ1n) is 6.02. The molecule has 0 aliphatic heterocycles. The zero-order chi connectivity index (χ0) is 11.8. The Morgan fingerprint density at radius 2 is 1.88 bits per heavy atom. The van der Waals surface area contributed by atoms with Crippen molar-refractivity contribution in [2.45, 2.75) is 32.2 Å². The normalized spacial score (nSPS) is 21.2. The molecule has 0 saturated heterocycles. The van der Waals surface area contributed by atoms with Gasteiger partial charge in [-0.25, -0.2) is 0 Å². The molecule has 1 aliphatic rings. The molecular formula is C14H22N2. The predicted molar refractivity (Wildman–Crippen MR) is 69.6 cm³/mol. The summed E-state index contributed by atoms with van der Waals surface area (Å²) in [7, 11) is 2.16. The van der Waals surface area contributed by atoms with Crippen molar-refractivity contribution in [2.24, 2.45) is 11.1 Å². The first-order chi connectivity index (χ1) is 7.53. The van der Waals surface area contributed by atoms with Crippen LogP contribution in [0.2, 0.25) is 0 Å². The molecule has 16 heavy (non-hydrogen) atoms. The number of para-hydroxylation sites is 1. The lowest BCUT2D eigenvalue weighted by Crippen LogP contribution is -2.55. The van der Waals surface area contributed by atoms with Gasteiger partial charge in [-0.05, 0) is 37.3 Å². The summed E-state index contributed by atoms with van der Waals surface area (Å²) in [6.07, 6.45) is 2.58. The van der Waals surface area contributed by atoms with E-state index in [9.17, 15) is 0 Å². The molecule has 2 rings (SSSR count). The topological polar surface area (TPSA) is 29.3 Å². The van der Waals surface area contributed by atoms with Gasteiger partial charge < -0.3 is 10.6 Å². The highest BCUT2D eigenvalue weighted by Gasteiger charge is 2.54. The molecule has 0 heterocycles. The number of nitrogens with zero attached hydrogens (tertiary/aromatic N) is 1.